The van der Waals surface area contributed by atoms with Gasteiger partial charge in [0.05, 0.1) is 12.5 Å². The minimum absolute atomic E-state index is 0.0588. The van der Waals surface area contributed by atoms with E-state index in [1.54, 1.807) is 0 Å². The van der Waals surface area contributed by atoms with E-state index in [-0.39, 0.29) is 17.9 Å². The minimum Gasteiger partial charge on any atom is -0.460 e. The fourth-order valence-electron chi connectivity index (χ4n) is 3.42. The minimum atomic E-state index is -1.27. The van der Waals surface area contributed by atoms with Crippen molar-refractivity contribution in [3.8, 4) is 6.01 Å². The van der Waals surface area contributed by atoms with E-state index >= 15 is 0 Å². The lowest BCUT2D eigenvalue weighted by molar-refractivity contribution is -0.0214. The number of aromatic nitrogens is 4. The molecular formula is C15H20N6O5. The predicted molar refractivity (Wildman–Crippen MR) is 88.8 cm³/mol. The van der Waals surface area contributed by atoms with Crippen LogP contribution in [0.2, 0.25) is 0 Å². The van der Waals surface area contributed by atoms with Crippen LogP contribution in [0, 0.1) is 0 Å². The van der Waals surface area contributed by atoms with E-state index in [1.807, 2.05) is 0 Å². The molecule has 2 aromatic rings. The highest BCUT2D eigenvalue weighted by Gasteiger charge is 2.44. The number of nitrogen functional groups attached to an aromatic ring is 1. The van der Waals surface area contributed by atoms with Gasteiger partial charge in [0, 0.05) is 0 Å². The summed E-state index contributed by atoms with van der Waals surface area (Å²) in [4.78, 5) is 12.7. The zero-order valence-electron chi connectivity index (χ0n) is 13.8. The molecule has 0 radical (unpaired) electrons. The number of oxime groups is 1. The fraction of sp³-hybridized carbons (Fsp3) is 0.600. The summed E-state index contributed by atoms with van der Waals surface area (Å²) in [5.74, 6) is 0.156. The van der Waals surface area contributed by atoms with Gasteiger partial charge in [-0.05, 0) is 25.7 Å². The van der Waals surface area contributed by atoms with E-state index in [0.29, 0.717) is 11.2 Å². The molecule has 0 aromatic carbocycles. The van der Waals surface area contributed by atoms with Gasteiger partial charge in [-0.2, -0.15) is 9.97 Å². The van der Waals surface area contributed by atoms with Gasteiger partial charge in [-0.15, -0.1) is 0 Å². The number of hydrogen-bond acceptors (Lipinski definition) is 10. The Morgan fingerprint density at radius 2 is 2.04 bits per heavy atom. The van der Waals surface area contributed by atoms with Crippen LogP contribution in [-0.4, -0.2) is 65.6 Å². The van der Waals surface area contributed by atoms with Crippen LogP contribution in [0.5, 0.6) is 6.01 Å². The molecule has 4 atom stereocenters. The number of nitrogens with two attached hydrogens (primary N) is 1. The zero-order valence-corrected chi connectivity index (χ0v) is 13.8. The standard InChI is InChI=1S/C15H20N6O5/c16-12-9-13(20-15(19-12)25-7-3-1-2-4-7)21(6-17-9)14-11(23)10(22)8(26-14)5-18-24/h5-8,10-11,14,22-24H,1-4H2,(H2,16,19,20)/b18-5+/t8-,10-,11-,14-/m1/s1. The van der Waals surface area contributed by atoms with Gasteiger partial charge < -0.3 is 30.6 Å². The van der Waals surface area contributed by atoms with Gasteiger partial charge >= 0.3 is 6.01 Å². The second kappa shape index (κ2) is 6.67. The van der Waals surface area contributed by atoms with E-state index in [9.17, 15) is 10.2 Å². The van der Waals surface area contributed by atoms with Crippen molar-refractivity contribution in [1.82, 2.24) is 19.5 Å². The molecule has 140 valence electrons. The molecule has 0 bridgehead atoms. The number of fused-ring (bicyclic) bond motifs is 1. The van der Waals surface area contributed by atoms with Crippen LogP contribution >= 0.6 is 0 Å². The van der Waals surface area contributed by atoms with Crippen molar-refractivity contribution in [3.63, 3.8) is 0 Å². The smallest absolute Gasteiger partial charge is 0.320 e. The van der Waals surface area contributed by atoms with Crippen molar-refractivity contribution in [2.45, 2.75) is 56.3 Å². The van der Waals surface area contributed by atoms with Gasteiger partial charge in [-0.3, -0.25) is 4.57 Å². The second-order valence-electron chi connectivity index (χ2n) is 6.48. The number of imidazole rings is 1. The number of nitrogens with zero attached hydrogens (tertiary/aromatic N) is 5. The summed E-state index contributed by atoms with van der Waals surface area (Å²) < 4.78 is 12.8. The quantitative estimate of drug-likeness (QED) is 0.327. The molecule has 0 amide bonds. The van der Waals surface area contributed by atoms with Crippen molar-refractivity contribution in [2.75, 3.05) is 5.73 Å². The van der Waals surface area contributed by atoms with Gasteiger partial charge in [0.25, 0.3) is 0 Å². The molecule has 11 nitrogen and oxygen atoms in total. The third-order valence-electron chi connectivity index (χ3n) is 4.77. The molecule has 3 heterocycles. The van der Waals surface area contributed by atoms with E-state index < -0.39 is 24.5 Å². The lowest BCUT2D eigenvalue weighted by Gasteiger charge is -2.17. The van der Waals surface area contributed by atoms with Crippen molar-refractivity contribution in [3.05, 3.63) is 6.33 Å². The summed E-state index contributed by atoms with van der Waals surface area (Å²) in [6.45, 7) is 0. The van der Waals surface area contributed by atoms with Gasteiger partial charge in [0.1, 0.15) is 24.4 Å². The SMILES string of the molecule is Nc1nc(OC2CCCC2)nc2c1ncn2[C@@H]1O[C@H](/C=N/O)[C@@H](O)[C@H]1O. The summed E-state index contributed by atoms with van der Waals surface area (Å²) in [5, 5.41) is 31.8. The van der Waals surface area contributed by atoms with Crippen LogP contribution in [0.3, 0.4) is 0 Å². The zero-order chi connectivity index (χ0) is 18.3. The average Bonchev–Trinajstić information content (AvgIpc) is 3.32. The Balaban J connectivity index is 1.68. The molecule has 1 saturated heterocycles. The average molecular weight is 364 g/mol. The van der Waals surface area contributed by atoms with Crippen molar-refractivity contribution >= 4 is 23.2 Å². The van der Waals surface area contributed by atoms with Gasteiger partial charge in [-0.25, -0.2) is 4.98 Å². The monoisotopic (exact) mass is 364 g/mol. The van der Waals surface area contributed by atoms with Crippen LogP contribution < -0.4 is 10.5 Å². The van der Waals surface area contributed by atoms with Crippen molar-refractivity contribution < 1.29 is 24.9 Å². The first-order valence-corrected chi connectivity index (χ1v) is 8.44. The van der Waals surface area contributed by atoms with Gasteiger partial charge in [0.15, 0.2) is 23.2 Å². The highest BCUT2D eigenvalue weighted by Crippen LogP contribution is 2.32. The highest BCUT2D eigenvalue weighted by atomic mass is 16.6. The summed E-state index contributed by atoms with van der Waals surface area (Å²) in [6, 6.07) is 0.144. The lowest BCUT2D eigenvalue weighted by Crippen LogP contribution is -2.32. The van der Waals surface area contributed by atoms with Crippen LogP contribution in [0.1, 0.15) is 31.9 Å². The van der Waals surface area contributed by atoms with Crippen LogP contribution in [-0.2, 0) is 4.74 Å². The molecule has 1 aliphatic heterocycles. The second-order valence-corrected chi connectivity index (χ2v) is 6.48. The highest BCUT2D eigenvalue weighted by molar-refractivity contribution is 5.82. The van der Waals surface area contributed by atoms with E-state index in [2.05, 4.69) is 20.1 Å². The predicted octanol–water partition coefficient (Wildman–Crippen LogP) is -0.191. The summed E-state index contributed by atoms with van der Waals surface area (Å²) in [5.41, 5.74) is 6.63. The summed E-state index contributed by atoms with van der Waals surface area (Å²) in [7, 11) is 0. The van der Waals surface area contributed by atoms with Gasteiger partial charge in [0.2, 0.25) is 0 Å². The molecule has 2 aliphatic rings. The molecule has 1 saturated carbocycles. The first kappa shape index (κ1) is 16.9. The number of rotatable bonds is 4. The third kappa shape index (κ3) is 2.83. The molecule has 5 N–H and O–H groups in total. The Bertz CT molecular complexity index is 820. The number of aliphatic hydroxyl groups excluding tert-OH is 2. The molecule has 2 fully saturated rings. The van der Waals surface area contributed by atoms with Crippen LogP contribution in [0.25, 0.3) is 11.2 Å². The molecule has 2 aromatic heterocycles. The number of hydrogen-bond donors (Lipinski definition) is 4. The number of ether oxygens (including phenoxy) is 2. The van der Waals surface area contributed by atoms with E-state index in [1.165, 1.54) is 10.9 Å². The first-order chi connectivity index (χ1) is 12.6. The van der Waals surface area contributed by atoms with Crippen molar-refractivity contribution in [1.29, 1.82) is 0 Å². The fourth-order valence-corrected chi connectivity index (χ4v) is 3.42. The topological polar surface area (TPSA) is 161 Å². The number of aliphatic hydroxyl groups is 2. The molecule has 1 aliphatic carbocycles. The van der Waals surface area contributed by atoms with Gasteiger partial charge in [-0.1, -0.05) is 5.16 Å². The van der Waals surface area contributed by atoms with Crippen molar-refractivity contribution in [2.24, 2.45) is 5.16 Å². The van der Waals surface area contributed by atoms with E-state index in [4.69, 9.17) is 20.4 Å². The molecule has 0 unspecified atom stereocenters. The van der Waals surface area contributed by atoms with Crippen LogP contribution in [0.15, 0.2) is 11.5 Å². The molecular weight excluding hydrogens is 344 g/mol. The maximum atomic E-state index is 10.3. The maximum absolute atomic E-state index is 10.3. The van der Waals surface area contributed by atoms with E-state index in [0.717, 1.165) is 31.9 Å². The molecule has 4 rings (SSSR count). The maximum Gasteiger partial charge on any atom is 0.320 e. The lowest BCUT2D eigenvalue weighted by atomic mass is 10.1. The molecule has 26 heavy (non-hydrogen) atoms. The Morgan fingerprint density at radius 1 is 1.27 bits per heavy atom. The first-order valence-electron chi connectivity index (χ1n) is 8.44. The Labute approximate surface area is 148 Å². The largest absolute Gasteiger partial charge is 0.460 e. The summed E-state index contributed by atoms with van der Waals surface area (Å²) in [6.07, 6.45) is 2.08. The molecule has 11 heteroatoms. The third-order valence-corrected chi connectivity index (χ3v) is 4.77. The number of anilines is 1. The Hall–Kier alpha value is -2.50. The van der Waals surface area contributed by atoms with Crippen LogP contribution in [0.4, 0.5) is 5.82 Å². The summed E-state index contributed by atoms with van der Waals surface area (Å²) >= 11 is 0. The molecule has 0 spiro atoms. The normalized spacial score (nSPS) is 29.9. The Kier molecular flexibility index (Phi) is 4.34. The Morgan fingerprint density at radius 3 is 2.77 bits per heavy atom.